The Labute approximate surface area is 222 Å². The highest BCUT2D eigenvalue weighted by Gasteiger charge is 2.29. The minimum absolute atomic E-state index is 0.112. The molecule has 0 radical (unpaired) electrons. The van der Waals surface area contributed by atoms with Crippen LogP contribution in [-0.2, 0) is 22.5 Å². The number of fused-ring (bicyclic) bond motifs is 2. The number of likely N-dealkylation sites (tertiary alicyclic amines) is 1. The summed E-state index contributed by atoms with van der Waals surface area (Å²) >= 11 is 6.21. The summed E-state index contributed by atoms with van der Waals surface area (Å²) in [4.78, 5) is 24.7. The zero-order valence-corrected chi connectivity index (χ0v) is 22.0. The van der Waals surface area contributed by atoms with Crippen LogP contribution in [0.5, 0.6) is 0 Å². The molecular weight excluding hydrogens is 486 g/mol. The lowest BCUT2D eigenvalue weighted by Crippen LogP contribution is -2.42. The van der Waals surface area contributed by atoms with Gasteiger partial charge in [0.1, 0.15) is 16.5 Å². The molecule has 0 spiro atoms. The van der Waals surface area contributed by atoms with Crippen molar-refractivity contribution < 1.29 is 9.53 Å². The van der Waals surface area contributed by atoms with Crippen LogP contribution in [0.2, 0.25) is 5.15 Å². The lowest BCUT2D eigenvalue weighted by molar-refractivity contribution is -0.132. The molecule has 37 heavy (non-hydrogen) atoms. The van der Waals surface area contributed by atoms with Gasteiger partial charge in [-0.15, -0.1) is 0 Å². The Kier molecular flexibility index (Phi) is 8.03. The van der Waals surface area contributed by atoms with Crippen molar-refractivity contribution in [1.82, 2.24) is 19.4 Å². The van der Waals surface area contributed by atoms with E-state index in [-0.39, 0.29) is 17.9 Å². The summed E-state index contributed by atoms with van der Waals surface area (Å²) in [5, 5.41) is 2.86. The second kappa shape index (κ2) is 11.6. The number of hydrogen-bond acceptors (Lipinski definition) is 5. The fraction of sp³-hybridized carbons (Fsp3) is 0.414. The Bertz CT molecular complexity index is 1390. The van der Waals surface area contributed by atoms with E-state index in [9.17, 15) is 4.79 Å². The molecule has 0 aliphatic carbocycles. The summed E-state index contributed by atoms with van der Waals surface area (Å²) < 4.78 is 7.42. The number of halogens is 1. The van der Waals surface area contributed by atoms with Crippen molar-refractivity contribution in [2.24, 2.45) is 5.73 Å². The molecule has 1 saturated heterocycles. The lowest BCUT2D eigenvalue weighted by Gasteiger charge is -2.33. The number of carbonyl (C=O) groups is 1. The van der Waals surface area contributed by atoms with Crippen LogP contribution in [-0.4, -0.2) is 58.2 Å². The number of carbonyl (C=O) groups excluding carboxylic acids is 1. The van der Waals surface area contributed by atoms with Gasteiger partial charge in [-0.25, -0.2) is 9.97 Å². The average Bonchev–Trinajstić information content (AvgIpc) is 3.26. The van der Waals surface area contributed by atoms with Gasteiger partial charge in [-0.2, -0.15) is 0 Å². The smallest absolute Gasteiger partial charge is 0.224 e. The van der Waals surface area contributed by atoms with Gasteiger partial charge in [0.25, 0.3) is 0 Å². The molecule has 2 N–H and O–H groups in total. The first-order valence-electron chi connectivity index (χ1n) is 13.0. The molecule has 194 valence electrons. The Morgan fingerprint density at radius 2 is 2.00 bits per heavy atom. The van der Waals surface area contributed by atoms with E-state index < -0.39 is 0 Å². The largest absolute Gasteiger partial charge is 0.385 e. The second-order valence-corrected chi connectivity index (χ2v) is 10.4. The van der Waals surface area contributed by atoms with Crippen LogP contribution in [0, 0.1) is 0 Å². The molecule has 1 aliphatic heterocycles. The third-order valence-electron chi connectivity index (χ3n) is 7.21. The number of imidazole rings is 1. The topological polar surface area (TPSA) is 86.3 Å². The molecule has 1 unspecified atom stereocenters. The molecule has 3 heterocycles. The summed E-state index contributed by atoms with van der Waals surface area (Å²) in [5.74, 6) is 1.23. The highest BCUT2D eigenvalue weighted by atomic mass is 35.5. The van der Waals surface area contributed by atoms with Crippen LogP contribution in [0.15, 0.2) is 54.6 Å². The van der Waals surface area contributed by atoms with Crippen molar-refractivity contribution in [3.8, 4) is 0 Å². The van der Waals surface area contributed by atoms with E-state index in [0.29, 0.717) is 31.1 Å². The third kappa shape index (κ3) is 5.95. The van der Waals surface area contributed by atoms with E-state index in [0.717, 1.165) is 54.9 Å². The molecule has 1 aliphatic rings. The number of benzene rings is 2. The molecular formula is C29H34ClN5O2. The molecule has 1 fully saturated rings. The number of ether oxygens (including phenoxy) is 1. The molecule has 2 aromatic carbocycles. The molecule has 7 nitrogen and oxygen atoms in total. The van der Waals surface area contributed by atoms with Gasteiger partial charge < -0.3 is 19.9 Å². The Morgan fingerprint density at radius 1 is 1.16 bits per heavy atom. The molecule has 0 saturated carbocycles. The maximum atomic E-state index is 13.3. The Balaban J connectivity index is 1.27. The Morgan fingerprint density at radius 3 is 2.84 bits per heavy atom. The van der Waals surface area contributed by atoms with Gasteiger partial charge in [0.2, 0.25) is 5.91 Å². The summed E-state index contributed by atoms with van der Waals surface area (Å²) in [5.41, 5.74) is 9.24. The first-order chi connectivity index (χ1) is 18.0. The molecule has 8 heteroatoms. The predicted molar refractivity (Wildman–Crippen MR) is 148 cm³/mol. The minimum atomic E-state index is -0.223. The second-order valence-electron chi connectivity index (χ2n) is 9.97. The first-order valence-corrected chi connectivity index (χ1v) is 13.4. The average molecular weight is 520 g/mol. The standard InChI is InChI=1S/C29H34ClN5O2/c1-37-15-5-14-35-28(32-25-11-12-26(30)33-29(25)35)23-8-4-13-34(19-23)27(36)18-24(31)17-20-9-10-21-6-2-3-7-22(21)16-20/h2-3,6-7,9-12,16,23-24H,4-5,8,13-15,17-19,31H2,1H3/t23?,24-/m1/s1. The number of piperidine rings is 1. The van der Waals surface area contributed by atoms with E-state index in [1.165, 1.54) is 10.8 Å². The van der Waals surface area contributed by atoms with Gasteiger partial charge >= 0.3 is 0 Å². The van der Waals surface area contributed by atoms with Gasteiger partial charge in [-0.3, -0.25) is 4.79 Å². The molecule has 2 atom stereocenters. The van der Waals surface area contributed by atoms with Crippen LogP contribution in [0.1, 0.15) is 43.0 Å². The fourth-order valence-electron chi connectivity index (χ4n) is 5.40. The van der Waals surface area contributed by atoms with Gasteiger partial charge in [0, 0.05) is 51.7 Å². The van der Waals surface area contributed by atoms with Crippen molar-refractivity contribution >= 4 is 39.4 Å². The summed E-state index contributed by atoms with van der Waals surface area (Å²) in [6, 6.07) is 18.2. The predicted octanol–water partition coefficient (Wildman–Crippen LogP) is 4.94. The van der Waals surface area contributed by atoms with Gasteiger partial charge in [-0.1, -0.05) is 54.1 Å². The normalized spacial score (nSPS) is 16.9. The van der Waals surface area contributed by atoms with Crippen molar-refractivity contribution in [1.29, 1.82) is 0 Å². The van der Waals surface area contributed by atoms with Gasteiger partial charge in [0.05, 0.1) is 0 Å². The van der Waals surface area contributed by atoms with E-state index in [4.69, 9.17) is 27.1 Å². The summed E-state index contributed by atoms with van der Waals surface area (Å²) in [6.45, 7) is 2.80. The minimum Gasteiger partial charge on any atom is -0.385 e. The molecule has 4 aromatic rings. The maximum absolute atomic E-state index is 13.3. The Hall–Kier alpha value is -3.00. The van der Waals surface area contributed by atoms with Crippen LogP contribution < -0.4 is 5.73 Å². The lowest BCUT2D eigenvalue weighted by atomic mass is 9.95. The SMILES string of the molecule is COCCCn1c(C2CCCN(C(=O)C[C@H](N)Cc3ccc4ccccc4c3)C2)nc2ccc(Cl)nc21. The van der Waals surface area contributed by atoms with Crippen LogP contribution in [0.3, 0.4) is 0 Å². The number of aryl methyl sites for hydroxylation is 1. The van der Waals surface area contributed by atoms with Crippen LogP contribution >= 0.6 is 11.6 Å². The van der Waals surface area contributed by atoms with Crippen molar-refractivity contribution in [2.45, 2.75) is 50.6 Å². The summed E-state index contributed by atoms with van der Waals surface area (Å²) in [6.07, 6.45) is 3.78. The highest BCUT2D eigenvalue weighted by Crippen LogP contribution is 2.30. The monoisotopic (exact) mass is 519 g/mol. The number of methoxy groups -OCH3 is 1. The number of hydrogen-bond donors (Lipinski definition) is 1. The van der Waals surface area contributed by atoms with Crippen molar-refractivity contribution in [3.63, 3.8) is 0 Å². The molecule has 2 aromatic heterocycles. The van der Waals surface area contributed by atoms with Crippen molar-refractivity contribution in [2.75, 3.05) is 26.8 Å². The fourth-order valence-corrected chi connectivity index (χ4v) is 5.55. The maximum Gasteiger partial charge on any atom is 0.224 e. The van der Waals surface area contributed by atoms with Gasteiger partial charge in [0.15, 0.2) is 5.65 Å². The molecule has 5 rings (SSSR count). The highest BCUT2D eigenvalue weighted by molar-refractivity contribution is 6.29. The third-order valence-corrected chi connectivity index (χ3v) is 7.42. The molecule has 1 amide bonds. The van der Waals surface area contributed by atoms with E-state index in [1.54, 1.807) is 13.2 Å². The number of pyridine rings is 1. The number of rotatable bonds is 9. The van der Waals surface area contributed by atoms with Crippen LogP contribution in [0.4, 0.5) is 0 Å². The van der Waals surface area contributed by atoms with Gasteiger partial charge in [-0.05, 0) is 54.2 Å². The van der Waals surface area contributed by atoms with E-state index in [2.05, 4.69) is 39.9 Å². The van der Waals surface area contributed by atoms with E-state index >= 15 is 0 Å². The first kappa shape index (κ1) is 25.6. The number of amides is 1. The molecule has 0 bridgehead atoms. The number of aromatic nitrogens is 3. The van der Waals surface area contributed by atoms with E-state index in [1.807, 2.05) is 23.1 Å². The number of nitrogens with zero attached hydrogens (tertiary/aromatic N) is 4. The zero-order valence-electron chi connectivity index (χ0n) is 21.3. The number of nitrogens with two attached hydrogens (primary N) is 1. The zero-order chi connectivity index (χ0) is 25.8. The quantitative estimate of drug-likeness (QED) is 0.250. The van der Waals surface area contributed by atoms with Crippen LogP contribution in [0.25, 0.3) is 21.9 Å². The van der Waals surface area contributed by atoms with Crippen molar-refractivity contribution in [3.05, 3.63) is 71.1 Å². The summed E-state index contributed by atoms with van der Waals surface area (Å²) in [7, 11) is 1.71.